The molecule has 0 bridgehead atoms. The molecule has 9 aliphatic rings. The summed E-state index contributed by atoms with van der Waals surface area (Å²) in [6.07, 6.45) is 3.31. The first kappa shape index (κ1) is 42.4. The molecule has 19 atom stereocenters. The lowest BCUT2D eigenvalue weighted by atomic mass is 9.42. The van der Waals surface area contributed by atoms with Crippen LogP contribution in [-0.2, 0) is 38.0 Å². The van der Waals surface area contributed by atoms with Gasteiger partial charge in [-0.05, 0) is 107 Å². The first-order valence-corrected chi connectivity index (χ1v) is 23.7. The van der Waals surface area contributed by atoms with Crippen molar-refractivity contribution in [1.29, 1.82) is 0 Å². The van der Waals surface area contributed by atoms with Crippen LogP contribution in [-0.4, -0.2) is 148 Å². The third-order valence-electron chi connectivity index (χ3n) is 16.9. The number of carbonyl (C=O) groups is 1. The number of rotatable bonds is 8. The Kier molecular flexibility index (Phi) is 12.0. The van der Waals surface area contributed by atoms with Crippen LogP contribution >= 0.6 is 11.8 Å². The van der Waals surface area contributed by atoms with Crippen LogP contribution in [0.5, 0.6) is 0 Å². The van der Waals surface area contributed by atoms with Crippen molar-refractivity contribution in [3.8, 4) is 0 Å². The van der Waals surface area contributed by atoms with Crippen molar-refractivity contribution in [3.05, 3.63) is 11.6 Å². The van der Waals surface area contributed by atoms with Crippen LogP contribution in [0, 0.1) is 34.5 Å². The number of nitrogens with zero attached hydrogens (tertiary/aromatic N) is 1. The average Bonchev–Trinajstić information content (AvgIpc) is 3.63. The first-order valence-electron chi connectivity index (χ1n) is 22.5. The second-order valence-corrected chi connectivity index (χ2v) is 21.2. The van der Waals surface area contributed by atoms with Crippen molar-refractivity contribution in [1.82, 2.24) is 4.90 Å². The topological polar surface area (TPSA) is 166 Å². The van der Waals surface area contributed by atoms with E-state index in [1.807, 2.05) is 25.6 Å². The minimum Gasteiger partial charge on any atom is -0.458 e. The summed E-state index contributed by atoms with van der Waals surface area (Å²) in [6.45, 7) is 12.3. The molecular formula is C44H69NO12S. The van der Waals surface area contributed by atoms with Gasteiger partial charge in [-0.1, -0.05) is 13.8 Å². The molecule has 5 heterocycles. The van der Waals surface area contributed by atoms with Crippen molar-refractivity contribution in [3.63, 3.8) is 0 Å². The number of hydrogen-bond acceptors (Lipinski definition) is 14. The molecule has 4 saturated carbocycles. The Morgan fingerprint density at radius 1 is 0.793 bits per heavy atom. The normalized spacial score (nSPS) is 52.8. The Labute approximate surface area is 348 Å². The van der Waals surface area contributed by atoms with Gasteiger partial charge < -0.3 is 53.6 Å². The van der Waals surface area contributed by atoms with Gasteiger partial charge in [-0.15, -0.1) is 0 Å². The van der Waals surface area contributed by atoms with Crippen LogP contribution in [0.3, 0.4) is 0 Å². The Morgan fingerprint density at radius 2 is 1.48 bits per heavy atom. The molecule has 0 aromatic carbocycles. The van der Waals surface area contributed by atoms with E-state index in [1.165, 1.54) is 11.5 Å². The Morgan fingerprint density at radius 3 is 2.12 bits per heavy atom. The molecule has 4 saturated heterocycles. The third-order valence-corrected chi connectivity index (χ3v) is 18.2. The van der Waals surface area contributed by atoms with Gasteiger partial charge in [0, 0.05) is 61.4 Å². The van der Waals surface area contributed by atoms with E-state index in [0.717, 1.165) is 63.6 Å². The maximum absolute atomic E-state index is 12.6. The monoisotopic (exact) mass is 835 g/mol. The Bertz CT molecular complexity index is 1510. The number of carbonyl (C=O) groups excluding carboxylic acids is 1. The number of thioether (sulfide) groups is 1. The van der Waals surface area contributed by atoms with E-state index in [4.69, 9.17) is 33.2 Å². The predicted octanol–water partition coefficient (Wildman–Crippen LogP) is 3.91. The van der Waals surface area contributed by atoms with E-state index in [9.17, 15) is 25.2 Å². The van der Waals surface area contributed by atoms with Crippen LogP contribution in [0.2, 0.25) is 0 Å². The van der Waals surface area contributed by atoms with E-state index < -0.39 is 72.6 Å². The van der Waals surface area contributed by atoms with Crippen LogP contribution in [0.4, 0.5) is 0 Å². The van der Waals surface area contributed by atoms with Crippen LogP contribution in [0.15, 0.2) is 11.6 Å². The molecule has 0 aromatic heterocycles. The molecule has 0 aromatic rings. The highest BCUT2D eigenvalue weighted by Gasteiger charge is 2.71. The number of esters is 1. The second kappa shape index (κ2) is 16.3. The smallest absolute Gasteiger partial charge is 0.331 e. The Balaban J connectivity index is 0.760. The third kappa shape index (κ3) is 7.46. The molecule has 5 aliphatic heterocycles. The SMILES string of the molecule is CC1CN(C2CSC2)CCC(O[C@@H]2[C@H](C)O[C@@H](O[C@@H]3[C@H](C)O[C@@H](O[C@H]4CC[C@@]5(C)C(CCC6[C@H]5C[C@H](O)[C@]5(C)[C@@H](C7=CC(=O)OC7)CC[C@]65O)C4)C[C@@H]3O)C[C@@H]2O)O1. The number of ether oxygens (including phenoxy) is 7. The van der Waals surface area contributed by atoms with Crippen LogP contribution in [0.25, 0.3) is 0 Å². The van der Waals surface area contributed by atoms with Gasteiger partial charge in [0.1, 0.15) is 18.8 Å². The molecular weight excluding hydrogens is 767 g/mol. The van der Waals surface area contributed by atoms with Crippen LogP contribution in [0.1, 0.15) is 105 Å². The fourth-order valence-corrected chi connectivity index (χ4v) is 14.4. The molecule has 4 N–H and O–H groups in total. The van der Waals surface area contributed by atoms with Crippen molar-refractivity contribution < 1.29 is 58.4 Å². The van der Waals surface area contributed by atoms with Crippen molar-refractivity contribution in [2.45, 2.75) is 191 Å². The van der Waals surface area contributed by atoms with Gasteiger partial charge in [0.05, 0.1) is 48.3 Å². The van der Waals surface area contributed by atoms with Gasteiger partial charge >= 0.3 is 5.97 Å². The summed E-state index contributed by atoms with van der Waals surface area (Å²) < 4.78 is 43.4. The van der Waals surface area contributed by atoms with E-state index in [-0.39, 0.29) is 60.8 Å². The largest absolute Gasteiger partial charge is 0.458 e. The molecule has 4 aliphatic carbocycles. The predicted molar refractivity (Wildman–Crippen MR) is 213 cm³/mol. The summed E-state index contributed by atoms with van der Waals surface area (Å²) in [4.78, 5) is 14.5. The van der Waals surface area contributed by atoms with Gasteiger partial charge in [-0.25, -0.2) is 4.79 Å². The van der Waals surface area contributed by atoms with Gasteiger partial charge in [-0.3, -0.25) is 4.90 Å². The minimum atomic E-state index is -0.998. The van der Waals surface area contributed by atoms with E-state index >= 15 is 0 Å². The minimum absolute atomic E-state index is 0.0172. The van der Waals surface area contributed by atoms with Crippen molar-refractivity contribution in [2.24, 2.45) is 34.5 Å². The van der Waals surface area contributed by atoms with Gasteiger partial charge in [0.25, 0.3) is 0 Å². The van der Waals surface area contributed by atoms with E-state index in [1.54, 1.807) is 6.08 Å². The van der Waals surface area contributed by atoms with Gasteiger partial charge in [0.2, 0.25) is 0 Å². The highest BCUT2D eigenvalue weighted by Crippen LogP contribution is 2.70. The fraction of sp³-hybridized carbons (Fsp3) is 0.932. The molecule has 9 rings (SSSR count). The zero-order chi connectivity index (χ0) is 40.7. The molecule has 0 radical (unpaired) electrons. The number of aliphatic hydroxyl groups is 4. The van der Waals surface area contributed by atoms with Crippen molar-refractivity contribution >= 4 is 17.7 Å². The van der Waals surface area contributed by atoms with E-state index in [0.29, 0.717) is 24.8 Å². The number of fused-ring (bicyclic) bond motifs is 5. The average molecular weight is 836 g/mol. The number of hydrogen-bond donors (Lipinski definition) is 4. The summed E-state index contributed by atoms with van der Waals surface area (Å²) in [5.74, 6) is 2.63. The van der Waals surface area contributed by atoms with Crippen molar-refractivity contribution in [2.75, 3.05) is 31.2 Å². The van der Waals surface area contributed by atoms with Gasteiger partial charge in [0.15, 0.2) is 18.9 Å². The lowest BCUT2D eigenvalue weighted by molar-refractivity contribution is -0.329. The maximum atomic E-state index is 12.6. The molecule has 4 unspecified atom stereocenters. The zero-order valence-corrected chi connectivity index (χ0v) is 35.9. The second-order valence-electron chi connectivity index (χ2n) is 20.1. The molecule has 8 fully saturated rings. The summed E-state index contributed by atoms with van der Waals surface area (Å²) in [7, 11) is 0. The molecule has 13 nitrogen and oxygen atoms in total. The van der Waals surface area contributed by atoms with E-state index in [2.05, 4.69) is 25.7 Å². The molecule has 0 spiro atoms. The number of cyclic esters (lactones) is 1. The van der Waals surface area contributed by atoms with Gasteiger partial charge in [-0.2, -0.15) is 11.8 Å². The first-order chi connectivity index (χ1) is 27.7. The summed E-state index contributed by atoms with van der Waals surface area (Å²) in [5, 5.41) is 47.1. The summed E-state index contributed by atoms with van der Waals surface area (Å²) in [5.41, 5.74) is -0.831. The standard InChI is InChI=1S/C44H69NO12S/c1-23-19-45(28-21-58-22-28)13-10-37(52-23)56-40-24(2)54-39(18-34(40)47)57-41-25(3)53-38(17-33(41)46)55-29-8-11-42(4)27(15-29)6-7-31-32(42)16-35(48)43(5)30(9-12-44(31,43)50)26-14-36(49)51-20-26/h14,23-25,27-35,37-41,46-48,50H,6-13,15-22H2,1-5H3/t23?,24-,25-,27?,29-,30+,31?,32+,33-,34-,35-,37?,38-,39-,40+,41+,42-,43-,44-/m0/s1. The molecule has 14 heteroatoms. The molecule has 328 valence electrons. The number of aliphatic hydroxyl groups excluding tert-OH is 3. The molecule has 0 amide bonds. The lowest BCUT2D eigenvalue weighted by Gasteiger charge is -2.65. The maximum Gasteiger partial charge on any atom is 0.331 e. The summed E-state index contributed by atoms with van der Waals surface area (Å²) in [6, 6.07) is 0.614. The zero-order valence-electron chi connectivity index (χ0n) is 35.1. The Hall–Kier alpha value is -0.880. The lowest BCUT2D eigenvalue weighted by Crippen LogP contribution is -2.67. The quantitative estimate of drug-likeness (QED) is 0.206. The highest BCUT2D eigenvalue weighted by atomic mass is 32.2. The highest BCUT2D eigenvalue weighted by molar-refractivity contribution is 8.00. The van der Waals surface area contributed by atoms with Crippen LogP contribution < -0.4 is 0 Å². The fourth-order valence-electron chi connectivity index (χ4n) is 13.6. The molecule has 58 heavy (non-hydrogen) atoms. The summed E-state index contributed by atoms with van der Waals surface area (Å²) >= 11 is 1.98.